The fraction of sp³-hybridized carbons (Fsp3) is 0.667. The lowest BCUT2D eigenvalue weighted by Gasteiger charge is -2.34. The molecule has 10 heteroatoms. The van der Waals surface area contributed by atoms with Crippen molar-refractivity contribution in [3.8, 4) is 0 Å². The van der Waals surface area contributed by atoms with Gasteiger partial charge in [-0.25, -0.2) is 14.3 Å². The van der Waals surface area contributed by atoms with E-state index < -0.39 is 17.7 Å². The molecule has 0 bridgehead atoms. The second kappa shape index (κ2) is 8.93. The van der Waals surface area contributed by atoms with Crippen LogP contribution in [0.2, 0.25) is 0 Å². The molecule has 28 heavy (non-hydrogen) atoms. The highest BCUT2D eigenvalue weighted by atomic mass is 79.9. The van der Waals surface area contributed by atoms with Crippen LogP contribution in [0.5, 0.6) is 0 Å². The molecule has 0 spiro atoms. The summed E-state index contributed by atoms with van der Waals surface area (Å²) in [6, 6.07) is -0.220. The number of carbonyl (C=O) groups is 3. The van der Waals surface area contributed by atoms with Gasteiger partial charge in [0.1, 0.15) is 21.6 Å². The molecule has 1 aliphatic heterocycles. The maximum Gasteiger partial charge on any atom is 0.410 e. The SMILES string of the molecule is CCOC(=O)c1c(Br)nn(C2CCCN(C(=O)OC(C)(C)C)C2)c1NC(C)=O. The number of esters is 1. The van der Waals surface area contributed by atoms with Crippen molar-refractivity contribution < 1.29 is 23.9 Å². The maximum absolute atomic E-state index is 12.4. The molecule has 0 aliphatic carbocycles. The summed E-state index contributed by atoms with van der Waals surface area (Å²) in [5.74, 6) is -0.656. The molecule has 0 radical (unpaired) electrons. The van der Waals surface area contributed by atoms with Crippen molar-refractivity contribution >= 4 is 39.7 Å². The minimum Gasteiger partial charge on any atom is -0.462 e. The van der Waals surface area contributed by atoms with Gasteiger partial charge in [-0.3, -0.25) is 4.79 Å². The van der Waals surface area contributed by atoms with Gasteiger partial charge in [0.2, 0.25) is 5.91 Å². The zero-order chi connectivity index (χ0) is 21.1. The Balaban J connectivity index is 2.32. The van der Waals surface area contributed by atoms with E-state index in [1.54, 1.807) is 16.5 Å². The van der Waals surface area contributed by atoms with Crippen molar-refractivity contribution in [1.29, 1.82) is 0 Å². The van der Waals surface area contributed by atoms with E-state index in [4.69, 9.17) is 9.47 Å². The summed E-state index contributed by atoms with van der Waals surface area (Å²) in [5.41, 5.74) is -0.427. The van der Waals surface area contributed by atoms with Crippen molar-refractivity contribution in [2.75, 3.05) is 25.0 Å². The van der Waals surface area contributed by atoms with Crippen LogP contribution in [0.1, 0.15) is 63.9 Å². The fourth-order valence-corrected chi connectivity index (χ4v) is 3.51. The van der Waals surface area contributed by atoms with E-state index in [-0.39, 0.29) is 34.5 Å². The van der Waals surface area contributed by atoms with Gasteiger partial charge in [0.25, 0.3) is 0 Å². The Morgan fingerprint density at radius 3 is 2.57 bits per heavy atom. The summed E-state index contributed by atoms with van der Waals surface area (Å²) in [4.78, 5) is 38.1. The molecule has 156 valence electrons. The second-order valence-electron chi connectivity index (χ2n) is 7.58. The third-order valence-electron chi connectivity index (χ3n) is 4.04. The van der Waals surface area contributed by atoms with Crippen LogP contribution in [-0.2, 0) is 14.3 Å². The zero-order valence-electron chi connectivity index (χ0n) is 16.9. The molecule has 1 unspecified atom stereocenters. The van der Waals surface area contributed by atoms with E-state index in [9.17, 15) is 14.4 Å². The van der Waals surface area contributed by atoms with Gasteiger partial charge in [0.05, 0.1) is 12.6 Å². The Labute approximate surface area is 172 Å². The second-order valence-corrected chi connectivity index (χ2v) is 8.33. The van der Waals surface area contributed by atoms with Gasteiger partial charge in [-0.2, -0.15) is 5.10 Å². The first kappa shape index (κ1) is 22.2. The van der Waals surface area contributed by atoms with Crippen molar-refractivity contribution in [3.63, 3.8) is 0 Å². The lowest BCUT2D eigenvalue weighted by Crippen LogP contribution is -2.43. The van der Waals surface area contributed by atoms with Gasteiger partial charge < -0.3 is 19.7 Å². The van der Waals surface area contributed by atoms with Crippen LogP contribution in [0.3, 0.4) is 0 Å². The topological polar surface area (TPSA) is 103 Å². The molecule has 9 nitrogen and oxygen atoms in total. The quantitative estimate of drug-likeness (QED) is 0.693. The zero-order valence-corrected chi connectivity index (χ0v) is 18.5. The standard InChI is InChI=1S/C18H27BrN4O5/c1-6-27-16(25)13-14(19)21-23(15(13)20-11(2)24)12-8-7-9-22(10-12)17(26)28-18(3,4)5/h12H,6-10H2,1-5H3,(H,20,24). The first-order chi connectivity index (χ1) is 13.0. The lowest BCUT2D eigenvalue weighted by molar-refractivity contribution is -0.114. The van der Waals surface area contributed by atoms with Crippen LogP contribution in [0.25, 0.3) is 0 Å². The first-order valence-corrected chi connectivity index (χ1v) is 10.0. The highest BCUT2D eigenvalue weighted by molar-refractivity contribution is 9.10. The van der Waals surface area contributed by atoms with Crippen molar-refractivity contribution in [2.45, 2.75) is 59.1 Å². The Kier molecular flexibility index (Phi) is 7.08. The van der Waals surface area contributed by atoms with Gasteiger partial charge in [-0.05, 0) is 56.5 Å². The molecular formula is C18H27BrN4O5. The van der Waals surface area contributed by atoms with Gasteiger partial charge in [0, 0.05) is 20.0 Å². The van der Waals surface area contributed by atoms with E-state index >= 15 is 0 Å². The third-order valence-corrected chi connectivity index (χ3v) is 4.59. The Morgan fingerprint density at radius 1 is 1.32 bits per heavy atom. The van der Waals surface area contributed by atoms with Crippen LogP contribution in [0, 0.1) is 0 Å². The number of piperidine rings is 1. The number of nitrogens with zero attached hydrogens (tertiary/aromatic N) is 3. The average molecular weight is 459 g/mol. The van der Waals surface area contributed by atoms with E-state index in [1.807, 2.05) is 20.8 Å². The summed E-state index contributed by atoms with van der Waals surface area (Å²) < 4.78 is 12.4. The number of hydrogen-bond acceptors (Lipinski definition) is 6. The summed E-state index contributed by atoms with van der Waals surface area (Å²) >= 11 is 3.29. The van der Waals surface area contributed by atoms with Gasteiger partial charge in [-0.1, -0.05) is 0 Å². The summed E-state index contributed by atoms with van der Waals surface area (Å²) in [5, 5.41) is 7.08. The Morgan fingerprint density at radius 2 is 2.00 bits per heavy atom. The van der Waals surface area contributed by atoms with Crippen LogP contribution in [0.4, 0.5) is 10.6 Å². The van der Waals surface area contributed by atoms with Crippen LogP contribution in [0.15, 0.2) is 4.60 Å². The molecule has 1 aliphatic rings. The number of likely N-dealkylation sites (tertiary alicyclic amines) is 1. The number of anilines is 1. The molecule has 2 heterocycles. The van der Waals surface area contributed by atoms with E-state index in [0.29, 0.717) is 13.1 Å². The maximum atomic E-state index is 12.4. The number of hydrogen-bond donors (Lipinski definition) is 1. The molecular weight excluding hydrogens is 432 g/mol. The summed E-state index contributed by atoms with van der Waals surface area (Å²) in [6.07, 6.45) is 1.09. The predicted molar refractivity (Wildman–Crippen MR) is 106 cm³/mol. The van der Waals surface area contributed by atoms with Gasteiger partial charge in [-0.15, -0.1) is 0 Å². The van der Waals surface area contributed by atoms with Crippen LogP contribution >= 0.6 is 15.9 Å². The molecule has 1 aromatic heterocycles. The molecule has 1 aromatic rings. The molecule has 0 aromatic carbocycles. The molecule has 1 fully saturated rings. The van der Waals surface area contributed by atoms with Gasteiger partial charge in [0.15, 0.2) is 0 Å². The third kappa shape index (κ3) is 5.46. The fourth-order valence-electron chi connectivity index (χ4n) is 2.99. The van der Waals surface area contributed by atoms with Crippen LogP contribution in [-0.4, -0.2) is 57.9 Å². The summed E-state index contributed by atoms with van der Waals surface area (Å²) in [7, 11) is 0. The van der Waals surface area contributed by atoms with E-state index in [2.05, 4.69) is 26.3 Å². The Hall–Kier alpha value is -2.10. The Bertz CT molecular complexity index is 756. The van der Waals surface area contributed by atoms with E-state index in [0.717, 1.165) is 12.8 Å². The minimum atomic E-state index is -0.586. The normalized spacial score (nSPS) is 17.2. The van der Waals surface area contributed by atoms with E-state index in [1.165, 1.54) is 6.92 Å². The molecule has 1 atom stereocenters. The highest BCUT2D eigenvalue weighted by Gasteiger charge is 2.33. The number of aromatic nitrogens is 2. The number of amides is 2. The van der Waals surface area contributed by atoms with Gasteiger partial charge >= 0.3 is 12.1 Å². The van der Waals surface area contributed by atoms with Crippen LogP contribution < -0.4 is 5.32 Å². The molecule has 1 saturated heterocycles. The molecule has 2 rings (SSSR count). The van der Waals surface area contributed by atoms with Crippen molar-refractivity contribution in [1.82, 2.24) is 14.7 Å². The number of carbonyl (C=O) groups excluding carboxylic acids is 3. The van der Waals surface area contributed by atoms with Crippen molar-refractivity contribution in [2.24, 2.45) is 0 Å². The number of halogens is 1. The number of nitrogens with one attached hydrogen (secondary N) is 1. The lowest BCUT2D eigenvalue weighted by atomic mass is 10.1. The first-order valence-electron chi connectivity index (χ1n) is 9.24. The molecule has 2 amide bonds. The minimum absolute atomic E-state index is 0.159. The largest absolute Gasteiger partial charge is 0.462 e. The predicted octanol–water partition coefficient (Wildman–Crippen LogP) is 3.35. The monoisotopic (exact) mass is 458 g/mol. The molecule has 1 N–H and O–H groups in total. The highest BCUT2D eigenvalue weighted by Crippen LogP contribution is 2.32. The number of ether oxygens (including phenoxy) is 2. The smallest absolute Gasteiger partial charge is 0.410 e. The van der Waals surface area contributed by atoms with Crippen molar-refractivity contribution in [3.05, 3.63) is 10.2 Å². The average Bonchev–Trinajstić information content (AvgIpc) is 2.89. The molecule has 0 saturated carbocycles. The number of rotatable bonds is 4. The summed E-state index contributed by atoms with van der Waals surface area (Å²) in [6.45, 7) is 9.65.